The molecule has 2 aliphatic rings. The Bertz CT molecular complexity index is 845. The number of methoxy groups -OCH3 is 1. The number of hydrogen-bond donors (Lipinski definition) is 2. The Kier molecular flexibility index (Phi) is 4.66. The number of sulfone groups is 1. The van der Waals surface area contributed by atoms with E-state index in [1.165, 1.54) is 25.3 Å². The number of nitrogens with one attached hydrogen (secondary N) is 2. The predicted molar refractivity (Wildman–Crippen MR) is 91.1 cm³/mol. The van der Waals surface area contributed by atoms with Crippen LogP contribution in [0.5, 0.6) is 5.75 Å². The third-order valence-corrected chi connectivity index (χ3v) is 7.25. The highest BCUT2D eigenvalue weighted by molar-refractivity contribution is 7.92. The topological polar surface area (TPSA) is 108 Å². The molecule has 1 aromatic rings. The summed E-state index contributed by atoms with van der Waals surface area (Å²) in [6.45, 7) is 0.155. The summed E-state index contributed by atoms with van der Waals surface area (Å²) in [6, 6.07) is 5.85. The molecular weight excluding hydrogens is 366 g/mol. The first-order valence-electron chi connectivity index (χ1n) is 7.85. The number of amides is 1. The first-order valence-corrected chi connectivity index (χ1v) is 9.78. The molecule has 7 nitrogen and oxygen atoms in total. The van der Waals surface area contributed by atoms with Crippen molar-refractivity contribution in [3.05, 3.63) is 23.2 Å². The molecule has 2 atom stereocenters. The van der Waals surface area contributed by atoms with Crippen LogP contribution in [0.4, 0.5) is 0 Å². The number of benzene rings is 1. The summed E-state index contributed by atoms with van der Waals surface area (Å²) < 4.78 is 30.7. The lowest BCUT2D eigenvalue weighted by Crippen LogP contribution is -2.45. The van der Waals surface area contributed by atoms with Crippen molar-refractivity contribution in [1.82, 2.24) is 10.6 Å². The number of nitrogens with zero attached hydrogens (tertiary/aromatic N) is 1. The predicted octanol–water partition coefficient (Wildman–Crippen LogP) is 1.03. The molecule has 2 fully saturated rings. The maximum atomic E-state index is 12.8. The van der Waals surface area contributed by atoms with Gasteiger partial charge in [-0.05, 0) is 31.4 Å². The van der Waals surface area contributed by atoms with Gasteiger partial charge in [0.15, 0.2) is 9.84 Å². The lowest BCUT2D eigenvalue weighted by Gasteiger charge is -2.15. The van der Waals surface area contributed by atoms with E-state index in [0.717, 1.165) is 0 Å². The van der Waals surface area contributed by atoms with Gasteiger partial charge < -0.3 is 15.4 Å². The van der Waals surface area contributed by atoms with Crippen molar-refractivity contribution in [3.8, 4) is 11.8 Å². The number of carbonyl (C=O) groups excluding carboxylic acids is 1. The maximum absolute atomic E-state index is 12.8. The second kappa shape index (κ2) is 6.48. The van der Waals surface area contributed by atoms with Crippen LogP contribution in [0.3, 0.4) is 0 Å². The van der Waals surface area contributed by atoms with Gasteiger partial charge in [0, 0.05) is 12.6 Å². The largest absolute Gasteiger partial charge is 0.497 e. The van der Waals surface area contributed by atoms with Gasteiger partial charge in [-0.1, -0.05) is 11.6 Å². The van der Waals surface area contributed by atoms with Crippen molar-refractivity contribution in [2.45, 2.75) is 41.0 Å². The van der Waals surface area contributed by atoms with Crippen LogP contribution in [0.15, 0.2) is 23.1 Å². The van der Waals surface area contributed by atoms with Crippen LogP contribution in [0.1, 0.15) is 19.3 Å². The van der Waals surface area contributed by atoms with Crippen LogP contribution in [-0.2, 0) is 14.6 Å². The van der Waals surface area contributed by atoms with Gasteiger partial charge in [-0.15, -0.1) is 0 Å². The molecule has 1 aromatic carbocycles. The maximum Gasteiger partial charge on any atom is 0.238 e. The van der Waals surface area contributed by atoms with Gasteiger partial charge in [-0.2, -0.15) is 5.26 Å². The van der Waals surface area contributed by atoms with Gasteiger partial charge >= 0.3 is 0 Å². The average Bonchev–Trinajstić information content (AvgIpc) is 3.17. The van der Waals surface area contributed by atoms with Gasteiger partial charge in [-0.25, -0.2) is 8.42 Å². The second-order valence-electron chi connectivity index (χ2n) is 6.34. The summed E-state index contributed by atoms with van der Waals surface area (Å²) in [5.41, 5.74) is -0.769. The molecule has 0 unspecified atom stereocenters. The van der Waals surface area contributed by atoms with Crippen LogP contribution in [0.25, 0.3) is 0 Å². The number of carbonyl (C=O) groups is 1. The quantitative estimate of drug-likeness (QED) is 0.786. The zero-order chi connectivity index (χ0) is 18.2. The molecule has 1 saturated heterocycles. The Hall–Kier alpha value is -1.82. The third-order valence-electron chi connectivity index (χ3n) is 4.62. The first kappa shape index (κ1) is 18.0. The highest BCUT2D eigenvalue weighted by Crippen LogP contribution is 2.35. The second-order valence-corrected chi connectivity index (χ2v) is 8.95. The first-order chi connectivity index (χ1) is 11.8. The van der Waals surface area contributed by atoms with E-state index in [-0.39, 0.29) is 28.8 Å². The standard InChI is InChI=1S/C16H18ClN3O4S/c1-24-10-2-3-14(12(17)6-10)25(22,23)11-7-13(19-8-11)15(21)20-16(9-18)4-5-16/h2-3,6,11,13,19H,4-5,7-8H2,1H3,(H,20,21)/t11-,13+/m1/s1. The molecule has 9 heteroatoms. The Balaban J connectivity index is 1.72. The molecule has 0 aromatic heterocycles. The van der Waals surface area contributed by atoms with Crippen LogP contribution in [0, 0.1) is 11.3 Å². The van der Waals surface area contributed by atoms with E-state index >= 15 is 0 Å². The minimum Gasteiger partial charge on any atom is -0.497 e. The Morgan fingerprint density at radius 3 is 2.76 bits per heavy atom. The molecule has 3 rings (SSSR count). The zero-order valence-electron chi connectivity index (χ0n) is 13.6. The van der Waals surface area contributed by atoms with E-state index in [4.69, 9.17) is 21.6 Å². The van der Waals surface area contributed by atoms with E-state index in [9.17, 15) is 13.2 Å². The minimum atomic E-state index is -3.69. The molecule has 1 saturated carbocycles. The summed E-state index contributed by atoms with van der Waals surface area (Å²) in [5, 5.41) is 14.0. The van der Waals surface area contributed by atoms with Gasteiger partial charge in [0.1, 0.15) is 11.3 Å². The summed E-state index contributed by atoms with van der Waals surface area (Å²) in [4.78, 5) is 12.3. The minimum absolute atomic E-state index is 0.0264. The van der Waals surface area contributed by atoms with Gasteiger partial charge in [-0.3, -0.25) is 4.79 Å². The summed E-state index contributed by atoms with van der Waals surface area (Å²) >= 11 is 6.09. The van der Waals surface area contributed by atoms with Crippen LogP contribution in [-0.4, -0.2) is 44.8 Å². The number of halogens is 1. The number of ether oxygens (including phenoxy) is 1. The summed E-state index contributed by atoms with van der Waals surface area (Å²) in [5.74, 6) is 0.134. The molecule has 0 radical (unpaired) electrons. The smallest absolute Gasteiger partial charge is 0.238 e. The van der Waals surface area contributed by atoms with Gasteiger partial charge in [0.25, 0.3) is 0 Å². The van der Waals surface area contributed by atoms with E-state index in [1.807, 2.05) is 0 Å². The van der Waals surface area contributed by atoms with Crippen molar-refractivity contribution >= 4 is 27.3 Å². The fourth-order valence-electron chi connectivity index (χ4n) is 2.87. The van der Waals surface area contributed by atoms with Crippen molar-refractivity contribution in [3.63, 3.8) is 0 Å². The third kappa shape index (κ3) is 3.45. The van der Waals surface area contributed by atoms with Crippen LogP contribution in [0.2, 0.25) is 5.02 Å². The highest BCUT2D eigenvalue weighted by Gasteiger charge is 2.47. The molecule has 134 valence electrons. The molecule has 1 aliphatic heterocycles. The number of rotatable bonds is 5. The normalized spacial score (nSPS) is 24.4. The van der Waals surface area contributed by atoms with E-state index < -0.39 is 26.7 Å². The molecule has 25 heavy (non-hydrogen) atoms. The Labute approximate surface area is 151 Å². The summed E-state index contributed by atoms with van der Waals surface area (Å²) in [7, 11) is -2.22. The van der Waals surface area contributed by atoms with Crippen molar-refractivity contribution < 1.29 is 17.9 Å². The lowest BCUT2D eigenvalue weighted by molar-refractivity contribution is -0.123. The van der Waals surface area contributed by atoms with Crippen molar-refractivity contribution in [1.29, 1.82) is 5.26 Å². The van der Waals surface area contributed by atoms with Gasteiger partial charge in [0.2, 0.25) is 5.91 Å². The molecule has 1 heterocycles. The Morgan fingerprint density at radius 1 is 1.48 bits per heavy atom. The number of hydrogen-bond acceptors (Lipinski definition) is 6. The highest BCUT2D eigenvalue weighted by atomic mass is 35.5. The summed E-state index contributed by atoms with van der Waals surface area (Å²) in [6.07, 6.45) is 1.40. The van der Waals surface area contributed by atoms with E-state index in [1.54, 1.807) is 0 Å². The molecule has 2 N–H and O–H groups in total. The van der Waals surface area contributed by atoms with Crippen LogP contribution < -0.4 is 15.4 Å². The molecule has 1 amide bonds. The van der Waals surface area contributed by atoms with Crippen molar-refractivity contribution in [2.75, 3.05) is 13.7 Å². The van der Waals surface area contributed by atoms with E-state index in [2.05, 4.69) is 16.7 Å². The molecular formula is C16H18ClN3O4S. The zero-order valence-corrected chi connectivity index (χ0v) is 15.2. The molecule has 0 spiro atoms. The Morgan fingerprint density at radius 2 is 2.20 bits per heavy atom. The SMILES string of the molecule is COc1ccc(S(=O)(=O)[C@H]2CN[C@H](C(=O)NC3(C#N)CC3)C2)c(Cl)c1. The molecule has 1 aliphatic carbocycles. The monoisotopic (exact) mass is 383 g/mol. The van der Waals surface area contributed by atoms with Gasteiger partial charge in [0.05, 0.1) is 34.4 Å². The molecule has 0 bridgehead atoms. The van der Waals surface area contributed by atoms with Crippen LogP contribution >= 0.6 is 11.6 Å². The average molecular weight is 384 g/mol. The lowest BCUT2D eigenvalue weighted by atomic mass is 10.2. The fraction of sp³-hybridized carbons (Fsp3) is 0.500. The number of nitriles is 1. The van der Waals surface area contributed by atoms with Crippen molar-refractivity contribution in [2.24, 2.45) is 0 Å². The fourth-order valence-corrected chi connectivity index (χ4v) is 5.07. The van der Waals surface area contributed by atoms with E-state index in [0.29, 0.717) is 18.6 Å².